The summed E-state index contributed by atoms with van der Waals surface area (Å²) < 4.78 is 7.62. The monoisotopic (exact) mass is 308 g/mol. The van der Waals surface area contributed by atoms with Gasteiger partial charge in [0.15, 0.2) is 11.0 Å². The molecule has 21 heavy (non-hydrogen) atoms. The van der Waals surface area contributed by atoms with E-state index in [0.29, 0.717) is 18.3 Å². The maximum Gasteiger partial charge on any atom is 0.157 e. The van der Waals surface area contributed by atoms with Crippen molar-refractivity contribution in [1.29, 1.82) is 0 Å². The third-order valence-corrected chi connectivity index (χ3v) is 3.78. The number of morpholine rings is 1. The van der Waals surface area contributed by atoms with Gasteiger partial charge in [-0.3, -0.25) is 4.68 Å². The van der Waals surface area contributed by atoms with Gasteiger partial charge in [-0.2, -0.15) is 5.10 Å². The van der Waals surface area contributed by atoms with E-state index in [1.807, 2.05) is 26.5 Å². The molecule has 2 aromatic rings. The second-order valence-electron chi connectivity index (χ2n) is 4.87. The number of hydrogen-bond donors (Lipinski definition) is 1. The summed E-state index contributed by atoms with van der Waals surface area (Å²) in [5, 5.41) is 7.68. The molecule has 1 atom stereocenters. The fraction of sp³-hybridized carbons (Fsp3) is 0.462. The first kappa shape index (κ1) is 14.1. The van der Waals surface area contributed by atoms with E-state index in [1.165, 1.54) is 6.33 Å². The number of halogens is 1. The summed E-state index contributed by atoms with van der Waals surface area (Å²) in [7, 11) is 3.71. The van der Waals surface area contributed by atoms with Gasteiger partial charge in [0.05, 0.1) is 19.3 Å². The van der Waals surface area contributed by atoms with Crippen LogP contribution in [0.15, 0.2) is 18.7 Å². The number of anilines is 2. The molecule has 7 nitrogen and oxygen atoms in total. The van der Waals surface area contributed by atoms with Gasteiger partial charge in [-0.05, 0) is 0 Å². The molecule has 0 spiro atoms. The highest BCUT2D eigenvalue weighted by atomic mass is 35.5. The fourth-order valence-corrected chi connectivity index (χ4v) is 2.68. The molecule has 3 rings (SSSR count). The van der Waals surface area contributed by atoms with E-state index in [4.69, 9.17) is 16.3 Å². The topological polar surface area (TPSA) is 68.1 Å². The van der Waals surface area contributed by atoms with Crippen LogP contribution in [0, 0.1) is 0 Å². The van der Waals surface area contributed by atoms with Gasteiger partial charge in [-0.1, -0.05) is 11.6 Å². The minimum Gasteiger partial charge on any atom is -0.383 e. The average Bonchev–Trinajstić information content (AvgIpc) is 2.94. The van der Waals surface area contributed by atoms with Gasteiger partial charge >= 0.3 is 0 Å². The van der Waals surface area contributed by atoms with Crippen LogP contribution in [0.1, 0.15) is 11.7 Å². The standard InChI is InChI=1S/C13H17ClN6O/c1-15-11-12(14)16-8-17-13(11)20-3-4-21-10(7-20)9-5-18-19(2)6-9/h5-6,8,10,15H,3-4,7H2,1-2H3. The van der Waals surface area contributed by atoms with Crippen molar-refractivity contribution < 1.29 is 4.74 Å². The van der Waals surface area contributed by atoms with Gasteiger partial charge in [0, 0.05) is 32.4 Å². The first-order valence-corrected chi connectivity index (χ1v) is 7.10. The Labute approximate surface area is 127 Å². The maximum atomic E-state index is 6.12. The third kappa shape index (κ3) is 2.79. The summed E-state index contributed by atoms with van der Waals surface area (Å²) in [4.78, 5) is 10.5. The molecular formula is C13H17ClN6O. The molecule has 3 heterocycles. The van der Waals surface area contributed by atoms with Crippen LogP contribution in [-0.2, 0) is 11.8 Å². The van der Waals surface area contributed by atoms with Crippen LogP contribution >= 0.6 is 11.6 Å². The molecule has 0 aromatic carbocycles. The first-order valence-electron chi connectivity index (χ1n) is 6.72. The van der Waals surface area contributed by atoms with E-state index < -0.39 is 0 Å². The van der Waals surface area contributed by atoms with Gasteiger partial charge in [0.1, 0.15) is 18.1 Å². The molecule has 2 aromatic heterocycles. The zero-order valence-corrected chi connectivity index (χ0v) is 12.7. The van der Waals surface area contributed by atoms with E-state index >= 15 is 0 Å². The summed E-state index contributed by atoms with van der Waals surface area (Å²) in [5.74, 6) is 0.801. The molecule has 1 unspecified atom stereocenters. The Bertz CT molecular complexity index is 631. The van der Waals surface area contributed by atoms with Gasteiger partial charge in [-0.15, -0.1) is 0 Å². The van der Waals surface area contributed by atoms with Crippen molar-refractivity contribution in [1.82, 2.24) is 19.7 Å². The van der Waals surface area contributed by atoms with E-state index in [2.05, 4.69) is 25.3 Å². The third-order valence-electron chi connectivity index (χ3n) is 3.49. The van der Waals surface area contributed by atoms with Gasteiger partial charge in [0.25, 0.3) is 0 Å². The normalized spacial score (nSPS) is 18.8. The van der Waals surface area contributed by atoms with Gasteiger partial charge in [0.2, 0.25) is 0 Å². The van der Waals surface area contributed by atoms with E-state index in [9.17, 15) is 0 Å². The fourth-order valence-electron chi connectivity index (χ4n) is 2.46. The molecule has 1 N–H and O–H groups in total. The highest BCUT2D eigenvalue weighted by Crippen LogP contribution is 2.32. The zero-order valence-electron chi connectivity index (χ0n) is 12.0. The Hall–Kier alpha value is -1.86. The van der Waals surface area contributed by atoms with Crippen LogP contribution in [0.4, 0.5) is 11.5 Å². The molecule has 0 bridgehead atoms. The van der Waals surface area contributed by atoms with Crippen molar-refractivity contribution in [3.63, 3.8) is 0 Å². The second-order valence-corrected chi connectivity index (χ2v) is 5.22. The van der Waals surface area contributed by atoms with Crippen LogP contribution in [0.5, 0.6) is 0 Å². The second kappa shape index (κ2) is 5.87. The summed E-state index contributed by atoms with van der Waals surface area (Å²) in [6.07, 6.45) is 5.26. The van der Waals surface area contributed by atoms with Crippen LogP contribution in [0.3, 0.4) is 0 Å². The molecule has 8 heteroatoms. The van der Waals surface area contributed by atoms with Crippen LogP contribution in [0.2, 0.25) is 5.15 Å². The van der Waals surface area contributed by atoms with Crippen molar-refractivity contribution in [3.05, 3.63) is 29.4 Å². The molecule has 1 fully saturated rings. The highest BCUT2D eigenvalue weighted by Gasteiger charge is 2.26. The Balaban J connectivity index is 1.85. The van der Waals surface area contributed by atoms with Crippen molar-refractivity contribution in [2.45, 2.75) is 6.10 Å². The van der Waals surface area contributed by atoms with Crippen LogP contribution < -0.4 is 10.2 Å². The van der Waals surface area contributed by atoms with Crippen LogP contribution in [0.25, 0.3) is 0 Å². The Morgan fingerprint density at radius 1 is 1.43 bits per heavy atom. The maximum absolute atomic E-state index is 6.12. The van der Waals surface area contributed by atoms with Crippen molar-refractivity contribution in [2.75, 3.05) is 37.0 Å². The minimum atomic E-state index is -0.0223. The number of aromatic nitrogens is 4. The molecule has 0 amide bonds. The summed E-state index contributed by atoms with van der Waals surface area (Å²) >= 11 is 6.12. The Morgan fingerprint density at radius 3 is 3.00 bits per heavy atom. The van der Waals surface area contributed by atoms with E-state index in [1.54, 1.807) is 4.68 Å². The molecule has 0 aliphatic carbocycles. The van der Waals surface area contributed by atoms with Crippen molar-refractivity contribution in [2.24, 2.45) is 7.05 Å². The largest absolute Gasteiger partial charge is 0.383 e. The van der Waals surface area contributed by atoms with Crippen molar-refractivity contribution >= 4 is 23.1 Å². The smallest absolute Gasteiger partial charge is 0.157 e. The van der Waals surface area contributed by atoms with Gasteiger partial charge < -0.3 is 15.0 Å². The lowest BCUT2D eigenvalue weighted by atomic mass is 10.1. The molecule has 1 aliphatic heterocycles. The summed E-state index contributed by atoms with van der Waals surface area (Å²) in [6.45, 7) is 2.09. The van der Waals surface area contributed by atoms with Crippen LogP contribution in [-0.4, -0.2) is 46.5 Å². The summed E-state index contributed by atoms with van der Waals surface area (Å²) in [5.41, 5.74) is 1.80. The molecule has 1 saturated heterocycles. The number of nitrogens with zero attached hydrogens (tertiary/aromatic N) is 5. The first-order chi connectivity index (χ1) is 10.2. The van der Waals surface area contributed by atoms with Crippen molar-refractivity contribution in [3.8, 4) is 0 Å². The number of rotatable bonds is 3. The summed E-state index contributed by atoms with van der Waals surface area (Å²) in [6, 6.07) is 0. The molecule has 0 saturated carbocycles. The van der Waals surface area contributed by atoms with E-state index in [-0.39, 0.29) is 6.10 Å². The lowest BCUT2D eigenvalue weighted by Gasteiger charge is -2.34. The SMILES string of the molecule is CNc1c(Cl)ncnc1N1CCOC(c2cnn(C)c2)C1. The molecule has 0 radical (unpaired) electrons. The quantitative estimate of drug-likeness (QED) is 0.866. The predicted octanol–water partition coefficient (Wildman–Crippen LogP) is 1.48. The molecule has 112 valence electrons. The van der Waals surface area contributed by atoms with Gasteiger partial charge in [-0.25, -0.2) is 9.97 Å². The van der Waals surface area contributed by atoms with E-state index in [0.717, 1.165) is 23.6 Å². The minimum absolute atomic E-state index is 0.0223. The number of aryl methyl sites for hydroxylation is 1. The molecule has 1 aliphatic rings. The lowest BCUT2D eigenvalue weighted by Crippen LogP contribution is -2.39. The Morgan fingerprint density at radius 2 is 2.29 bits per heavy atom. The Kier molecular flexibility index (Phi) is 3.94. The average molecular weight is 309 g/mol. The number of hydrogen-bond acceptors (Lipinski definition) is 6. The predicted molar refractivity (Wildman–Crippen MR) is 80.7 cm³/mol. The number of nitrogens with one attached hydrogen (secondary N) is 1. The highest BCUT2D eigenvalue weighted by molar-refractivity contribution is 6.32. The number of ether oxygens (including phenoxy) is 1. The lowest BCUT2D eigenvalue weighted by molar-refractivity contribution is 0.0395. The zero-order chi connectivity index (χ0) is 14.8. The molecular weight excluding hydrogens is 292 g/mol.